The van der Waals surface area contributed by atoms with E-state index in [-0.39, 0.29) is 6.61 Å². The van der Waals surface area contributed by atoms with E-state index < -0.39 is 0 Å². The van der Waals surface area contributed by atoms with Crippen molar-refractivity contribution in [2.75, 3.05) is 27.3 Å². The Morgan fingerprint density at radius 3 is 2.81 bits per heavy atom. The van der Waals surface area contributed by atoms with Gasteiger partial charge in [-0.3, -0.25) is 0 Å². The van der Waals surface area contributed by atoms with E-state index in [1.807, 2.05) is 56.6 Å². The Labute approximate surface area is 164 Å². The largest absolute Gasteiger partial charge is 0.495 e. The third-order valence-electron chi connectivity index (χ3n) is 3.79. The van der Waals surface area contributed by atoms with Crippen LogP contribution >= 0.6 is 15.9 Å². The van der Waals surface area contributed by atoms with E-state index in [9.17, 15) is 0 Å². The molecule has 0 N–H and O–H groups in total. The summed E-state index contributed by atoms with van der Waals surface area (Å²) in [6.45, 7) is 5.27. The summed E-state index contributed by atoms with van der Waals surface area (Å²) in [6, 6.07) is 9.65. The number of aromatic nitrogens is 1. The minimum absolute atomic E-state index is 0.247. The van der Waals surface area contributed by atoms with Crippen molar-refractivity contribution in [2.45, 2.75) is 13.8 Å². The molecule has 1 aromatic heterocycles. The van der Waals surface area contributed by atoms with Gasteiger partial charge in [0.2, 0.25) is 5.88 Å². The molecule has 0 spiro atoms. The molecule has 0 fully saturated rings. The van der Waals surface area contributed by atoms with Crippen molar-refractivity contribution >= 4 is 22.0 Å². The molecule has 1 heterocycles. The second kappa shape index (κ2) is 9.88. The molecule has 0 saturated heterocycles. The fourth-order valence-electron chi connectivity index (χ4n) is 2.14. The summed E-state index contributed by atoms with van der Waals surface area (Å²) in [5, 5.41) is 0. The fourth-order valence-corrected chi connectivity index (χ4v) is 2.59. The molecule has 26 heavy (non-hydrogen) atoms. The fraction of sp³-hybridized carbons (Fsp3) is 0.286. The Kier molecular flexibility index (Phi) is 7.55. The first-order valence-corrected chi connectivity index (χ1v) is 9.14. The molecule has 0 saturated carbocycles. The van der Waals surface area contributed by atoms with Crippen LogP contribution in [0.2, 0.25) is 0 Å². The van der Waals surface area contributed by atoms with E-state index in [0.29, 0.717) is 5.88 Å². The Hall–Kier alpha value is -2.45. The topological polar surface area (TPSA) is 34.6 Å². The summed E-state index contributed by atoms with van der Waals surface area (Å²) in [5.41, 5.74) is 2.79. The SMILES string of the molecule is CCN(C)C=Cc1cc(Br)c(OCC#Cc2ccccc2OC)nc1C. The van der Waals surface area contributed by atoms with Gasteiger partial charge in [-0.15, -0.1) is 0 Å². The predicted octanol–water partition coefficient (Wildman–Crippen LogP) is 4.51. The Bertz CT molecular complexity index is 838. The number of halogens is 1. The predicted molar refractivity (Wildman–Crippen MR) is 109 cm³/mol. The van der Waals surface area contributed by atoms with Crippen LogP contribution in [0.25, 0.3) is 6.08 Å². The summed E-state index contributed by atoms with van der Waals surface area (Å²) < 4.78 is 11.8. The summed E-state index contributed by atoms with van der Waals surface area (Å²) in [7, 11) is 3.67. The van der Waals surface area contributed by atoms with E-state index in [4.69, 9.17) is 9.47 Å². The number of benzene rings is 1. The van der Waals surface area contributed by atoms with E-state index >= 15 is 0 Å². The second-order valence-corrected chi connectivity index (χ2v) is 6.48. The zero-order valence-corrected chi connectivity index (χ0v) is 17.1. The van der Waals surface area contributed by atoms with Gasteiger partial charge in [-0.05, 0) is 65.8 Å². The molecule has 5 heteroatoms. The van der Waals surface area contributed by atoms with Crippen LogP contribution < -0.4 is 9.47 Å². The number of para-hydroxylation sites is 1. The zero-order valence-electron chi connectivity index (χ0n) is 15.5. The Balaban J connectivity index is 2.06. The highest BCUT2D eigenvalue weighted by molar-refractivity contribution is 9.10. The lowest BCUT2D eigenvalue weighted by atomic mass is 10.2. The first kappa shape index (κ1) is 19.9. The highest BCUT2D eigenvalue weighted by atomic mass is 79.9. The van der Waals surface area contributed by atoms with Gasteiger partial charge in [0.15, 0.2) is 6.61 Å². The van der Waals surface area contributed by atoms with Crippen LogP contribution in [-0.2, 0) is 0 Å². The van der Waals surface area contributed by atoms with Gasteiger partial charge in [0.25, 0.3) is 0 Å². The minimum atomic E-state index is 0.247. The second-order valence-electron chi connectivity index (χ2n) is 5.63. The van der Waals surface area contributed by atoms with Crippen molar-refractivity contribution in [3.63, 3.8) is 0 Å². The third kappa shape index (κ3) is 5.53. The van der Waals surface area contributed by atoms with Crippen LogP contribution in [0.3, 0.4) is 0 Å². The molecule has 0 aliphatic heterocycles. The molecule has 2 aromatic rings. The van der Waals surface area contributed by atoms with Crippen LogP contribution in [0.5, 0.6) is 11.6 Å². The number of ether oxygens (including phenoxy) is 2. The lowest BCUT2D eigenvalue weighted by molar-refractivity contribution is 0.352. The average molecular weight is 415 g/mol. The van der Waals surface area contributed by atoms with Crippen molar-refractivity contribution in [2.24, 2.45) is 0 Å². The number of rotatable bonds is 6. The van der Waals surface area contributed by atoms with Crippen molar-refractivity contribution < 1.29 is 9.47 Å². The van der Waals surface area contributed by atoms with Gasteiger partial charge >= 0.3 is 0 Å². The molecular formula is C21H23BrN2O2. The zero-order chi connectivity index (χ0) is 18.9. The molecule has 0 bridgehead atoms. The van der Waals surface area contributed by atoms with Crippen LogP contribution in [0, 0.1) is 18.8 Å². The van der Waals surface area contributed by atoms with Gasteiger partial charge in [0.1, 0.15) is 5.75 Å². The minimum Gasteiger partial charge on any atom is -0.495 e. The van der Waals surface area contributed by atoms with Crippen LogP contribution in [-0.4, -0.2) is 37.2 Å². The van der Waals surface area contributed by atoms with Gasteiger partial charge in [0, 0.05) is 19.3 Å². The van der Waals surface area contributed by atoms with Crippen LogP contribution in [0.4, 0.5) is 0 Å². The Morgan fingerprint density at radius 2 is 2.08 bits per heavy atom. The molecule has 0 aliphatic rings. The van der Waals surface area contributed by atoms with Gasteiger partial charge in [0.05, 0.1) is 17.1 Å². The monoisotopic (exact) mass is 414 g/mol. The molecule has 0 radical (unpaired) electrons. The summed E-state index contributed by atoms with van der Waals surface area (Å²) in [4.78, 5) is 6.63. The molecule has 2 rings (SSSR count). The van der Waals surface area contributed by atoms with Crippen molar-refractivity contribution in [3.05, 3.63) is 57.8 Å². The molecule has 1 aromatic carbocycles. The molecule has 0 unspecified atom stereocenters. The highest BCUT2D eigenvalue weighted by Crippen LogP contribution is 2.26. The number of hydrogen-bond donors (Lipinski definition) is 0. The van der Waals surface area contributed by atoms with Gasteiger partial charge in [-0.2, -0.15) is 0 Å². The summed E-state index contributed by atoms with van der Waals surface area (Å²) in [5.74, 6) is 7.35. The average Bonchev–Trinajstić information content (AvgIpc) is 2.66. The lowest BCUT2D eigenvalue weighted by Crippen LogP contribution is -2.08. The smallest absolute Gasteiger partial charge is 0.229 e. The maximum Gasteiger partial charge on any atom is 0.229 e. The van der Waals surface area contributed by atoms with E-state index in [1.165, 1.54) is 0 Å². The quantitative estimate of drug-likeness (QED) is 0.651. The van der Waals surface area contributed by atoms with Gasteiger partial charge in [-0.25, -0.2) is 4.98 Å². The number of methoxy groups -OCH3 is 1. The van der Waals surface area contributed by atoms with E-state index in [2.05, 4.69) is 44.6 Å². The van der Waals surface area contributed by atoms with E-state index in [0.717, 1.165) is 33.6 Å². The number of pyridine rings is 1. The number of aryl methyl sites for hydroxylation is 1. The summed E-state index contributed by atoms with van der Waals surface area (Å²) in [6.07, 6.45) is 4.08. The lowest BCUT2D eigenvalue weighted by Gasteiger charge is -2.11. The molecule has 136 valence electrons. The maximum absolute atomic E-state index is 5.71. The van der Waals surface area contributed by atoms with Crippen molar-refractivity contribution in [3.8, 4) is 23.5 Å². The van der Waals surface area contributed by atoms with Crippen molar-refractivity contribution in [1.82, 2.24) is 9.88 Å². The van der Waals surface area contributed by atoms with Gasteiger partial charge < -0.3 is 14.4 Å². The van der Waals surface area contributed by atoms with E-state index in [1.54, 1.807) is 7.11 Å². The highest BCUT2D eigenvalue weighted by Gasteiger charge is 2.07. The molecule has 0 aliphatic carbocycles. The molecule has 0 atom stereocenters. The van der Waals surface area contributed by atoms with Crippen LogP contribution in [0.15, 0.2) is 41.0 Å². The third-order valence-corrected chi connectivity index (χ3v) is 4.36. The summed E-state index contributed by atoms with van der Waals surface area (Å²) >= 11 is 3.52. The Morgan fingerprint density at radius 1 is 1.31 bits per heavy atom. The van der Waals surface area contributed by atoms with Crippen LogP contribution in [0.1, 0.15) is 23.7 Å². The number of hydrogen-bond acceptors (Lipinski definition) is 4. The standard InChI is InChI=1S/C21H23BrN2O2/c1-5-24(3)13-12-18-15-19(22)21(23-16(18)2)26-14-8-10-17-9-6-7-11-20(17)25-4/h6-7,9,11-13,15H,5,14H2,1-4H3. The first-order chi connectivity index (χ1) is 12.5. The molecule has 4 nitrogen and oxygen atoms in total. The van der Waals surface area contributed by atoms with Gasteiger partial charge in [-0.1, -0.05) is 24.0 Å². The van der Waals surface area contributed by atoms with Crippen molar-refractivity contribution in [1.29, 1.82) is 0 Å². The molecule has 0 amide bonds. The first-order valence-electron chi connectivity index (χ1n) is 8.35. The number of nitrogens with zero attached hydrogens (tertiary/aromatic N) is 2. The maximum atomic E-state index is 5.71. The molecular weight excluding hydrogens is 392 g/mol. The normalized spacial score (nSPS) is 10.3.